The van der Waals surface area contributed by atoms with Gasteiger partial charge in [0.05, 0.1) is 16.4 Å². The Morgan fingerprint density at radius 1 is 0.434 bits per heavy atom. The zero-order valence-electron chi connectivity index (χ0n) is 28.6. The van der Waals surface area contributed by atoms with Gasteiger partial charge in [-0.25, -0.2) is 4.98 Å². The van der Waals surface area contributed by atoms with E-state index in [0.29, 0.717) is 0 Å². The third-order valence-electron chi connectivity index (χ3n) is 11.6. The normalized spacial score (nSPS) is 15.2. The van der Waals surface area contributed by atoms with E-state index in [9.17, 15) is 0 Å². The first-order chi connectivity index (χ1) is 26.3. The van der Waals surface area contributed by atoms with E-state index < -0.39 is 5.41 Å². The summed E-state index contributed by atoms with van der Waals surface area (Å²) in [5.74, 6) is 0.934. The van der Waals surface area contributed by atoms with E-state index in [4.69, 9.17) is 9.40 Å². The maximum atomic E-state index is 6.44. The van der Waals surface area contributed by atoms with Crippen LogP contribution >= 0.6 is 0 Å². The van der Waals surface area contributed by atoms with Gasteiger partial charge in [0.2, 0.25) is 0 Å². The molecule has 2 aliphatic carbocycles. The minimum Gasteiger partial charge on any atom is -0.456 e. The molecule has 1 atom stereocenters. The summed E-state index contributed by atoms with van der Waals surface area (Å²) in [6.07, 6.45) is 0. The van der Waals surface area contributed by atoms with E-state index in [1.807, 2.05) is 6.07 Å². The zero-order valence-corrected chi connectivity index (χ0v) is 28.6. The van der Waals surface area contributed by atoms with Gasteiger partial charge >= 0.3 is 0 Å². The van der Waals surface area contributed by atoms with Crippen LogP contribution < -0.4 is 0 Å². The highest BCUT2D eigenvalue weighted by Gasteiger charge is 2.52. The van der Waals surface area contributed by atoms with Crippen LogP contribution in [0.4, 0.5) is 0 Å². The van der Waals surface area contributed by atoms with Gasteiger partial charge < -0.3 is 4.42 Å². The quantitative estimate of drug-likeness (QED) is 0.187. The van der Waals surface area contributed by atoms with Crippen molar-refractivity contribution in [3.63, 3.8) is 0 Å². The minimum atomic E-state index is -0.457. The average molecular weight is 675 g/mol. The highest BCUT2D eigenvalue weighted by molar-refractivity contribution is 6.09. The molecule has 12 rings (SSSR count). The second kappa shape index (κ2) is 10.5. The van der Waals surface area contributed by atoms with Crippen molar-refractivity contribution in [2.24, 2.45) is 0 Å². The molecule has 1 unspecified atom stereocenters. The van der Waals surface area contributed by atoms with Gasteiger partial charge in [0.25, 0.3) is 0 Å². The van der Waals surface area contributed by atoms with Crippen LogP contribution in [0.25, 0.3) is 83.4 Å². The lowest BCUT2D eigenvalue weighted by atomic mass is 9.70. The number of furan rings is 1. The van der Waals surface area contributed by atoms with Crippen molar-refractivity contribution in [3.05, 3.63) is 204 Å². The molecule has 10 aromatic rings. The predicted molar refractivity (Wildman–Crippen MR) is 216 cm³/mol. The topological polar surface area (TPSA) is 31.0 Å². The van der Waals surface area contributed by atoms with Gasteiger partial charge in [-0.3, -0.25) is 4.57 Å². The standard InChI is InChI=1S/C50H30N2O/c1-2-13-33(14-3-1)52-45-23-10-9-22-44(45)51-49(52)32-27-25-31(26-28-32)34-18-12-21-42-48(34)37-17-5-8-20-41(37)50(42)40-19-7-4-15-35(40)38-30-47-39(29-43(38)50)36-16-6-11-24-46(36)53-47/h1-30H. The monoisotopic (exact) mass is 674 g/mol. The summed E-state index contributed by atoms with van der Waals surface area (Å²) in [4.78, 5) is 5.13. The molecule has 2 aromatic heterocycles. The largest absolute Gasteiger partial charge is 0.456 e. The van der Waals surface area contributed by atoms with Crippen LogP contribution in [-0.2, 0) is 5.41 Å². The van der Waals surface area contributed by atoms with Crippen molar-refractivity contribution in [1.29, 1.82) is 0 Å². The van der Waals surface area contributed by atoms with Crippen molar-refractivity contribution >= 4 is 33.0 Å². The number of hydrogen-bond donors (Lipinski definition) is 0. The smallest absolute Gasteiger partial charge is 0.145 e. The molecular formula is C50H30N2O. The number of rotatable bonds is 3. The summed E-state index contributed by atoms with van der Waals surface area (Å²) in [7, 11) is 0. The Labute approximate surface area is 306 Å². The first-order valence-corrected chi connectivity index (χ1v) is 18.2. The second-order valence-corrected chi connectivity index (χ2v) is 14.2. The first kappa shape index (κ1) is 28.7. The second-order valence-electron chi connectivity index (χ2n) is 14.2. The molecule has 0 saturated carbocycles. The van der Waals surface area contributed by atoms with Crippen LogP contribution in [0.3, 0.4) is 0 Å². The molecule has 3 nitrogen and oxygen atoms in total. The molecule has 0 bridgehead atoms. The summed E-state index contributed by atoms with van der Waals surface area (Å²) in [5, 5.41) is 2.31. The van der Waals surface area contributed by atoms with E-state index >= 15 is 0 Å². The number of imidazole rings is 1. The summed E-state index contributed by atoms with van der Waals surface area (Å²) in [6.45, 7) is 0. The number of para-hydroxylation sites is 4. The van der Waals surface area contributed by atoms with Gasteiger partial charge in [0.1, 0.15) is 17.0 Å². The fourth-order valence-corrected chi connectivity index (χ4v) is 9.50. The molecule has 0 radical (unpaired) electrons. The Kier molecular flexibility index (Phi) is 5.70. The van der Waals surface area contributed by atoms with Crippen molar-refractivity contribution < 1.29 is 4.42 Å². The number of benzene rings is 8. The lowest BCUT2D eigenvalue weighted by Crippen LogP contribution is -2.25. The van der Waals surface area contributed by atoms with Crippen molar-refractivity contribution in [1.82, 2.24) is 9.55 Å². The molecule has 0 fully saturated rings. The minimum absolute atomic E-state index is 0.457. The highest BCUT2D eigenvalue weighted by atomic mass is 16.3. The third kappa shape index (κ3) is 3.75. The summed E-state index contributed by atoms with van der Waals surface area (Å²) >= 11 is 0. The third-order valence-corrected chi connectivity index (χ3v) is 11.6. The summed E-state index contributed by atoms with van der Waals surface area (Å²) in [6, 6.07) is 65.9. The summed E-state index contributed by atoms with van der Waals surface area (Å²) in [5.41, 5.74) is 18.4. The molecule has 8 aromatic carbocycles. The van der Waals surface area contributed by atoms with Crippen molar-refractivity contribution in [3.8, 4) is 50.5 Å². The maximum Gasteiger partial charge on any atom is 0.145 e. The van der Waals surface area contributed by atoms with Gasteiger partial charge in [0, 0.05) is 22.0 Å². The molecular weight excluding hydrogens is 645 g/mol. The Morgan fingerprint density at radius 2 is 1.09 bits per heavy atom. The molecule has 0 N–H and O–H groups in total. The fraction of sp³-hybridized carbons (Fsp3) is 0.0200. The summed E-state index contributed by atoms with van der Waals surface area (Å²) < 4.78 is 8.71. The number of hydrogen-bond acceptors (Lipinski definition) is 2. The van der Waals surface area contributed by atoms with Crippen LogP contribution in [0.15, 0.2) is 186 Å². The van der Waals surface area contributed by atoms with Gasteiger partial charge in [0.15, 0.2) is 0 Å². The number of nitrogens with zero attached hydrogens (tertiary/aromatic N) is 2. The lowest BCUT2D eigenvalue weighted by Gasteiger charge is -2.30. The van der Waals surface area contributed by atoms with Crippen LogP contribution in [-0.4, -0.2) is 9.55 Å². The Morgan fingerprint density at radius 3 is 1.96 bits per heavy atom. The first-order valence-electron chi connectivity index (χ1n) is 18.2. The van der Waals surface area contributed by atoms with E-state index in [1.165, 1.54) is 55.6 Å². The van der Waals surface area contributed by atoms with Gasteiger partial charge in [-0.1, -0.05) is 140 Å². The zero-order chi connectivity index (χ0) is 34.7. The van der Waals surface area contributed by atoms with Crippen molar-refractivity contribution in [2.45, 2.75) is 5.41 Å². The van der Waals surface area contributed by atoms with Crippen LogP contribution in [0.2, 0.25) is 0 Å². The van der Waals surface area contributed by atoms with E-state index in [0.717, 1.165) is 50.0 Å². The van der Waals surface area contributed by atoms with Crippen LogP contribution in [0, 0.1) is 0 Å². The van der Waals surface area contributed by atoms with Crippen molar-refractivity contribution in [2.75, 3.05) is 0 Å². The molecule has 0 saturated heterocycles. The molecule has 53 heavy (non-hydrogen) atoms. The highest BCUT2D eigenvalue weighted by Crippen LogP contribution is 2.64. The molecule has 1 spiro atoms. The Balaban J connectivity index is 1.08. The van der Waals surface area contributed by atoms with Crippen LogP contribution in [0.5, 0.6) is 0 Å². The molecule has 0 amide bonds. The molecule has 3 heteroatoms. The Bertz CT molecular complexity index is 3110. The Hall–Kier alpha value is -6.97. The van der Waals surface area contributed by atoms with Gasteiger partial charge in [-0.2, -0.15) is 0 Å². The van der Waals surface area contributed by atoms with Crippen LogP contribution in [0.1, 0.15) is 22.3 Å². The van der Waals surface area contributed by atoms with Gasteiger partial charge in [-0.05, 0) is 98.1 Å². The number of aromatic nitrogens is 2. The molecule has 0 aliphatic heterocycles. The average Bonchev–Trinajstić information content (AvgIpc) is 3.95. The molecule has 2 aliphatic rings. The predicted octanol–water partition coefficient (Wildman–Crippen LogP) is 12.6. The maximum absolute atomic E-state index is 6.44. The SMILES string of the molecule is c1ccc(-n2c(-c3ccc(-c4cccc5c4-c4ccccc4C54c5ccccc5-c5cc6oc7ccccc7c6cc54)cc3)nc3ccccc32)cc1. The van der Waals surface area contributed by atoms with E-state index in [1.54, 1.807) is 0 Å². The molecule has 2 heterocycles. The van der Waals surface area contributed by atoms with Gasteiger partial charge in [-0.15, -0.1) is 0 Å². The fourth-order valence-electron chi connectivity index (χ4n) is 9.50. The molecule has 246 valence electrons. The van der Waals surface area contributed by atoms with E-state index in [-0.39, 0.29) is 0 Å². The lowest BCUT2D eigenvalue weighted by molar-refractivity contribution is 0.669. The van der Waals surface area contributed by atoms with E-state index in [2.05, 4.69) is 180 Å². The number of fused-ring (bicyclic) bond motifs is 14.